The number of benzene rings is 1. The van der Waals surface area contributed by atoms with E-state index < -0.39 is 24.1 Å². The minimum atomic E-state index is -0.765. The molecule has 0 radical (unpaired) electrons. The summed E-state index contributed by atoms with van der Waals surface area (Å²) in [6.07, 6.45) is 2.19. The minimum Gasteiger partial charge on any atom is -0.467 e. The van der Waals surface area contributed by atoms with Gasteiger partial charge in [0.25, 0.3) is 0 Å². The van der Waals surface area contributed by atoms with Crippen LogP contribution < -0.4 is 5.32 Å². The summed E-state index contributed by atoms with van der Waals surface area (Å²) < 4.78 is 18.8. The fourth-order valence-electron chi connectivity index (χ4n) is 3.36. The Morgan fingerprint density at radius 1 is 1.43 bits per heavy atom. The van der Waals surface area contributed by atoms with Crippen LogP contribution >= 0.6 is 15.9 Å². The molecule has 2 atom stereocenters. The second kappa shape index (κ2) is 8.30. The number of hydrogen-bond donors (Lipinski definition) is 2. The SMILES string of the molecule is COC(=O)[C@@H](NC(=O)N1CCc2[nH]cnc2C1c1ccc(F)c(Br)c1)C(C)C. The molecule has 0 spiro atoms. The van der Waals surface area contributed by atoms with Crippen LogP contribution in [0, 0.1) is 11.7 Å². The lowest BCUT2D eigenvalue weighted by atomic mass is 9.96. The largest absolute Gasteiger partial charge is 0.467 e. The standard InChI is InChI=1S/C19H22BrFN4O3/c1-10(2)15(18(26)28-3)24-19(27)25-7-6-14-16(23-9-22-14)17(25)11-4-5-13(21)12(20)8-11/h4-5,8-10,15,17H,6-7H2,1-3H3,(H,22,23)(H,24,27)/t15-,17?/m0/s1. The predicted octanol–water partition coefficient (Wildman–Crippen LogP) is 3.17. The molecule has 3 rings (SSSR count). The van der Waals surface area contributed by atoms with Gasteiger partial charge in [0.15, 0.2) is 0 Å². The Morgan fingerprint density at radius 2 is 2.18 bits per heavy atom. The van der Waals surface area contributed by atoms with Gasteiger partial charge in [-0.15, -0.1) is 0 Å². The van der Waals surface area contributed by atoms with Gasteiger partial charge in [-0.05, 0) is 39.5 Å². The number of nitrogens with one attached hydrogen (secondary N) is 2. The van der Waals surface area contributed by atoms with Gasteiger partial charge in [0.05, 0.1) is 23.6 Å². The van der Waals surface area contributed by atoms with Gasteiger partial charge in [0.2, 0.25) is 0 Å². The van der Waals surface area contributed by atoms with Crippen LogP contribution in [-0.2, 0) is 16.0 Å². The first kappa shape index (κ1) is 20.3. The quantitative estimate of drug-likeness (QED) is 0.697. The van der Waals surface area contributed by atoms with E-state index in [-0.39, 0.29) is 11.7 Å². The zero-order valence-electron chi connectivity index (χ0n) is 15.8. The van der Waals surface area contributed by atoms with Crippen molar-refractivity contribution in [3.05, 3.63) is 51.8 Å². The topological polar surface area (TPSA) is 87.3 Å². The number of aromatic nitrogens is 2. The number of carbonyl (C=O) groups excluding carboxylic acids is 2. The van der Waals surface area contributed by atoms with Gasteiger partial charge >= 0.3 is 12.0 Å². The summed E-state index contributed by atoms with van der Waals surface area (Å²) >= 11 is 3.20. The van der Waals surface area contributed by atoms with E-state index in [1.165, 1.54) is 13.2 Å². The second-order valence-electron chi connectivity index (χ2n) is 6.98. The minimum absolute atomic E-state index is 0.138. The first-order valence-electron chi connectivity index (χ1n) is 8.95. The third-order valence-electron chi connectivity index (χ3n) is 4.85. The van der Waals surface area contributed by atoms with Crippen molar-refractivity contribution in [2.24, 2.45) is 5.92 Å². The molecule has 2 heterocycles. The number of H-pyrrole nitrogens is 1. The molecular weight excluding hydrogens is 431 g/mol. The first-order valence-corrected chi connectivity index (χ1v) is 9.74. The molecule has 1 unspecified atom stereocenters. The number of ether oxygens (including phenoxy) is 1. The van der Waals surface area contributed by atoms with Crippen molar-refractivity contribution < 1.29 is 18.7 Å². The Hall–Kier alpha value is -2.42. The third-order valence-corrected chi connectivity index (χ3v) is 5.45. The monoisotopic (exact) mass is 452 g/mol. The average molecular weight is 453 g/mol. The van der Waals surface area contributed by atoms with Gasteiger partial charge in [0.1, 0.15) is 17.9 Å². The molecule has 1 aromatic heterocycles. The van der Waals surface area contributed by atoms with Crippen LogP contribution in [-0.4, -0.2) is 46.6 Å². The number of aromatic amines is 1. The number of imidazole rings is 1. The lowest BCUT2D eigenvalue weighted by Crippen LogP contribution is -2.53. The summed E-state index contributed by atoms with van der Waals surface area (Å²) in [5.74, 6) is -1.02. The van der Waals surface area contributed by atoms with E-state index in [1.54, 1.807) is 23.4 Å². The zero-order chi connectivity index (χ0) is 20.4. The fraction of sp³-hybridized carbons (Fsp3) is 0.421. The Morgan fingerprint density at radius 3 is 2.82 bits per heavy atom. The molecule has 1 aliphatic heterocycles. The van der Waals surface area contributed by atoms with E-state index in [0.717, 1.165) is 11.3 Å². The summed E-state index contributed by atoms with van der Waals surface area (Å²) in [6, 6.07) is 2.96. The van der Waals surface area contributed by atoms with Gasteiger partial charge < -0.3 is 19.9 Å². The molecule has 2 N–H and O–H groups in total. The van der Waals surface area contributed by atoms with Gasteiger partial charge in [-0.3, -0.25) is 0 Å². The number of nitrogens with zero attached hydrogens (tertiary/aromatic N) is 2. The van der Waals surface area contributed by atoms with Gasteiger partial charge in [-0.2, -0.15) is 0 Å². The van der Waals surface area contributed by atoms with Crippen molar-refractivity contribution >= 4 is 27.9 Å². The number of rotatable bonds is 4. The fourth-order valence-corrected chi connectivity index (χ4v) is 3.75. The van der Waals surface area contributed by atoms with Crippen molar-refractivity contribution in [1.82, 2.24) is 20.2 Å². The predicted molar refractivity (Wildman–Crippen MR) is 104 cm³/mol. The highest BCUT2D eigenvalue weighted by Crippen LogP contribution is 2.35. The Labute approximate surface area is 170 Å². The number of amides is 2. The van der Waals surface area contributed by atoms with Crippen molar-refractivity contribution in [3.63, 3.8) is 0 Å². The Kier molecular flexibility index (Phi) is 6.02. The average Bonchev–Trinajstić information content (AvgIpc) is 3.15. The molecular formula is C19H22BrFN4O3. The third kappa shape index (κ3) is 3.89. The first-order chi connectivity index (χ1) is 13.3. The van der Waals surface area contributed by atoms with E-state index in [1.807, 2.05) is 13.8 Å². The van der Waals surface area contributed by atoms with Crippen LogP contribution in [0.5, 0.6) is 0 Å². The molecule has 2 aromatic rings. The van der Waals surface area contributed by atoms with Crippen molar-refractivity contribution in [1.29, 1.82) is 0 Å². The number of halogens is 2. The van der Waals surface area contributed by atoms with Gasteiger partial charge in [-0.1, -0.05) is 19.9 Å². The van der Waals surface area contributed by atoms with Gasteiger partial charge in [-0.25, -0.2) is 19.0 Å². The molecule has 1 aliphatic rings. The molecule has 9 heteroatoms. The van der Waals surface area contributed by atoms with E-state index in [4.69, 9.17) is 4.74 Å². The maximum absolute atomic E-state index is 13.7. The summed E-state index contributed by atoms with van der Waals surface area (Å²) in [5.41, 5.74) is 2.36. The summed E-state index contributed by atoms with van der Waals surface area (Å²) in [4.78, 5) is 34.2. The van der Waals surface area contributed by atoms with E-state index in [9.17, 15) is 14.0 Å². The highest BCUT2D eigenvalue weighted by molar-refractivity contribution is 9.10. The van der Waals surface area contributed by atoms with Crippen LogP contribution in [0.4, 0.5) is 9.18 Å². The van der Waals surface area contributed by atoms with Crippen molar-refractivity contribution in [2.45, 2.75) is 32.4 Å². The Balaban J connectivity index is 1.95. The summed E-state index contributed by atoms with van der Waals surface area (Å²) in [5, 5.41) is 2.77. The molecule has 0 saturated carbocycles. The van der Waals surface area contributed by atoms with Crippen molar-refractivity contribution in [3.8, 4) is 0 Å². The van der Waals surface area contributed by atoms with Crippen LogP contribution in [0.15, 0.2) is 29.0 Å². The highest BCUT2D eigenvalue weighted by atomic mass is 79.9. The molecule has 1 aromatic carbocycles. The van der Waals surface area contributed by atoms with E-state index in [2.05, 4.69) is 31.2 Å². The van der Waals surface area contributed by atoms with Crippen LogP contribution in [0.1, 0.15) is 36.8 Å². The normalized spacial score (nSPS) is 17.2. The van der Waals surface area contributed by atoms with Crippen LogP contribution in [0.3, 0.4) is 0 Å². The maximum Gasteiger partial charge on any atom is 0.328 e. The van der Waals surface area contributed by atoms with Crippen LogP contribution in [0.25, 0.3) is 0 Å². The number of urea groups is 1. The zero-order valence-corrected chi connectivity index (χ0v) is 17.4. The lowest BCUT2D eigenvalue weighted by Gasteiger charge is -2.36. The lowest BCUT2D eigenvalue weighted by molar-refractivity contribution is -0.144. The van der Waals surface area contributed by atoms with Gasteiger partial charge in [0, 0.05) is 18.7 Å². The summed E-state index contributed by atoms with van der Waals surface area (Å²) in [6.45, 7) is 4.09. The molecule has 0 saturated heterocycles. The number of carbonyl (C=O) groups is 2. The van der Waals surface area contributed by atoms with E-state index in [0.29, 0.717) is 23.1 Å². The molecule has 0 aliphatic carbocycles. The highest BCUT2D eigenvalue weighted by Gasteiger charge is 2.36. The number of methoxy groups -OCH3 is 1. The molecule has 2 amide bonds. The van der Waals surface area contributed by atoms with Crippen LogP contribution in [0.2, 0.25) is 0 Å². The molecule has 0 bridgehead atoms. The molecule has 150 valence electrons. The summed E-state index contributed by atoms with van der Waals surface area (Å²) in [7, 11) is 1.29. The van der Waals surface area contributed by atoms with Crippen molar-refractivity contribution in [2.75, 3.05) is 13.7 Å². The molecule has 7 nitrogen and oxygen atoms in total. The smallest absolute Gasteiger partial charge is 0.328 e. The number of esters is 1. The molecule has 28 heavy (non-hydrogen) atoms. The maximum atomic E-state index is 13.7. The number of hydrogen-bond acceptors (Lipinski definition) is 4. The molecule has 0 fully saturated rings. The Bertz CT molecular complexity index is 886. The number of fused-ring (bicyclic) bond motifs is 1. The van der Waals surface area contributed by atoms with E-state index >= 15 is 0 Å². The second-order valence-corrected chi connectivity index (χ2v) is 7.83.